The molecule has 10 heteroatoms. The SMILES string of the molecule is CC[C@H](NC(=O)CCC(F)(F)CCC(N)=O)C(=O)c1noc(C2CC2)n1. The molecule has 0 bridgehead atoms. The van der Waals surface area contributed by atoms with Crippen molar-refractivity contribution in [1.82, 2.24) is 15.5 Å². The van der Waals surface area contributed by atoms with E-state index in [1.807, 2.05) is 0 Å². The summed E-state index contributed by atoms with van der Waals surface area (Å²) in [7, 11) is 0. The van der Waals surface area contributed by atoms with Crippen LogP contribution in [0.4, 0.5) is 8.78 Å². The first kappa shape index (κ1) is 19.9. The molecule has 2 rings (SSSR count). The average Bonchev–Trinajstić information content (AvgIpc) is 3.33. The first-order valence-corrected chi connectivity index (χ1v) is 8.55. The highest BCUT2D eigenvalue weighted by molar-refractivity contribution is 5.98. The topological polar surface area (TPSA) is 128 Å². The maximum atomic E-state index is 13.6. The molecule has 0 radical (unpaired) electrons. The molecular formula is C16H22F2N4O4. The third-order valence-corrected chi connectivity index (χ3v) is 4.10. The molecule has 1 aliphatic carbocycles. The average molecular weight is 372 g/mol. The van der Waals surface area contributed by atoms with Gasteiger partial charge in [-0.3, -0.25) is 14.4 Å². The minimum Gasteiger partial charge on any atom is -0.370 e. The van der Waals surface area contributed by atoms with Crippen LogP contribution < -0.4 is 11.1 Å². The Hall–Kier alpha value is -2.39. The largest absolute Gasteiger partial charge is 0.370 e. The number of hydrogen-bond donors (Lipinski definition) is 2. The lowest BCUT2D eigenvalue weighted by molar-refractivity contribution is -0.124. The second-order valence-electron chi connectivity index (χ2n) is 6.45. The van der Waals surface area contributed by atoms with Gasteiger partial charge in [0.1, 0.15) is 0 Å². The molecule has 0 aromatic carbocycles. The van der Waals surface area contributed by atoms with E-state index in [0.717, 1.165) is 12.8 Å². The number of ketones is 1. The highest BCUT2D eigenvalue weighted by Crippen LogP contribution is 2.38. The van der Waals surface area contributed by atoms with Gasteiger partial charge in [0, 0.05) is 31.6 Å². The van der Waals surface area contributed by atoms with Crippen LogP contribution in [0.25, 0.3) is 0 Å². The van der Waals surface area contributed by atoms with E-state index in [0.29, 0.717) is 5.89 Å². The number of nitrogens with two attached hydrogens (primary N) is 1. The van der Waals surface area contributed by atoms with E-state index in [4.69, 9.17) is 10.3 Å². The second-order valence-corrected chi connectivity index (χ2v) is 6.45. The van der Waals surface area contributed by atoms with Gasteiger partial charge in [0.2, 0.25) is 35.2 Å². The normalized spacial score (nSPS) is 15.5. The fourth-order valence-electron chi connectivity index (χ4n) is 2.33. The fraction of sp³-hybridized carbons (Fsp3) is 0.688. The number of alkyl halides is 2. The highest BCUT2D eigenvalue weighted by Gasteiger charge is 2.33. The number of primary amides is 1. The van der Waals surface area contributed by atoms with Crippen LogP contribution in [0.5, 0.6) is 0 Å². The zero-order valence-electron chi connectivity index (χ0n) is 14.5. The molecule has 0 saturated heterocycles. The summed E-state index contributed by atoms with van der Waals surface area (Å²) in [6.45, 7) is 1.67. The molecule has 0 aliphatic heterocycles. The van der Waals surface area contributed by atoms with Gasteiger partial charge in [0.25, 0.3) is 0 Å². The Labute approximate surface area is 148 Å². The van der Waals surface area contributed by atoms with E-state index in [-0.39, 0.29) is 18.2 Å². The van der Waals surface area contributed by atoms with Gasteiger partial charge in [-0.25, -0.2) is 8.78 Å². The monoisotopic (exact) mass is 372 g/mol. The van der Waals surface area contributed by atoms with Crippen molar-refractivity contribution in [2.24, 2.45) is 5.73 Å². The molecule has 1 heterocycles. The standard InChI is InChI=1S/C16H22F2N4O4/c1-2-10(13(25)14-21-15(26-22-14)9-3-4-9)20-12(24)6-8-16(17,18)7-5-11(19)23/h9-10H,2-8H2,1H3,(H2,19,23)(H,20,24)/t10-/m0/s1. The number of hydrogen-bond acceptors (Lipinski definition) is 6. The van der Waals surface area contributed by atoms with Crippen LogP contribution >= 0.6 is 0 Å². The van der Waals surface area contributed by atoms with Gasteiger partial charge in [-0.1, -0.05) is 12.1 Å². The van der Waals surface area contributed by atoms with Crippen LogP contribution in [0.3, 0.4) is 0 Å². The molecule has 8 nitrogen and oxygen atoms in total. The Kier molecular flexibility index (Phi) is 6.38. The lowest BCUT2D eigenvalue weighted by Crippen LogP contribution is -2.41. The van der Waals surface area contributed by atoms with E-state index in [9.17, 15) is 23.2 Å². The van der Waals surface area contributed by atoms with Gasteiger partial charge >= 0.3 is 0 Å². The van der Waals surface area contributed by atoms with E-state index in [1.165, 1.54) is 0 Å². The van der Waals surface area contributed by atoms with E-state index in [2.05, 4.69) is 15.5 Å². The number of nitrogens with one attached hydrogen (secondary N) is 1. The van der Waals surface area contributed by atoms with Crippen LogP contribution in [0.1, 0.15) is 74.3 Å². The smallest absolute Gasteiger partial charge is 0.249 e. The zero-order valence-corrected chi connectivity index (χ0v) is 14.5. The quantitative estimate of drug-likeness (QED) is 0.569. The molecule has 1 atom stereocenters. The van der Waals surface area contributed by atoms with Gasteiger partial charge in [-0.2, -0.15) is 4.98 Å². The molecule has 0 unspecified atom stereocenters. The predicted octanol–water partition coefficient (Wildman–Crippen LogP) is 1.71. The van der Waals surface area contributed by atoms with Crippen molar-refractivity contribution in [1.29, 1.82) is 0 Å². The summed E-state index contributed by atoms with van der Waals surface area (Å²) in [5.41, 5.74) is 4.84. The van der Waals surface area contributed by atoms with Crippen LogP contribution in [0.15, 0.2) is 4.52 Å². The van der Waals surface area contributed by atoms with Crippen LogP contribution in [0.2, 0.25) is 0 Å². The van der Waals surface area contributed by atoms with Gasteiger partial charge < -0.3 is 15.6 Å². The summed E-state index contributed by atoms with van der Waals surface area (Å²) in [6.07, 6.45) is -0.234. The molecule has 3 N–H and O–H groups in total. The zero-order chi connectivity index (χ0) is 19.3. The van der Waals surface area contributed by atoms with Crippen LogP contribution in [-0.4, -0.2) is 39.7 Å². The number of rotatable bonds is 11. The molecule has 1 saturated carbocycles. The van der Waals surface area contributed by atoms with Crippen molar-refractivity contribution >= 4 is 17.6 Å². The number of carbonyl (C=O) groups is 3. The van der Waals surface area contributed by atoms with Crippen molar-refractivity contribution in [3.05, 3.63) is 11.7 Å². The fourth-order valence-corrected chi connectivity index (χ4v) is 2.33. The van der Waals surface area contributed by atoms with E-state index < -0.39 is 55.2 Å². The third kappa shape index (κ3) is 5.85. The Morgan fingerprint density at radius 2 is 1.96 bits per heavy atom. The number of aromatic nitrogens is 2. The Morgan fingerprint density at radius 1 is 1.31 bits per heavy atom. The van der Waals surface area contributed by atoms with Crippen molar-refractivity contribution in [3.8, 4) is 0 Å². The summed E-state index contributed by atoms with van der Waals surface area (Å²) < 4.78 is 32.2. The summed E-state index contributed by atoms with van der Waals surface area (Å²) in [5, 5.41) is 6.05. The minimum absolute atomic E-state index is 0.120. The summed E-state index contributed by atoms with van der Waals surface area (Å²) in [5.74, 6) is -4.72. The Morgan fingerprint density at radius 3 is 2.54 bits per heavy atom. The molecular weight excluding hydrogens is 350 g/mol. The number of Topliss-reactive ketones (excluding diaryl/α,β-unsaturated/α-hetero) is 1. The Bertz CT molecular complexity index is 673. The maximum absolute atomic E-state index is 13.6. The molecule has 2 amide bonds. The van der Waals surface area contributed by atoms with Gasteiger partial charge in [0.15, 0.2) is 0 Å². The Balaban J connectivity index is 1.84. The molecule has 144 valence electrons. The summed E-state index contributed by atoms with van der Waals surface area (Å²) >= 11 is 0. The van der Waals surface area contributed by atoms with Crippen molar-refractivity contribution in [2.75, 3.05) is 0 Å². The second kappa shape index (κ2) is 8.33. The van der Waals surface area contributed by atoms with Gasteiger partial charge in [-0.15, -0.1) is 0 Å². The maximum Gasteiger partial charge on any atom is 0.249 e. The van der Waals surface area contributed by atoms with Crippen LogP contribution in [0, 0.1) is 0 Å². The molecule has 1 fully saturated rings. The minimum atomic E-state index is -3.18. The summed E-state index contributed by atoms with van der Waals surface area (Å²) in [4.78, 5) is 38.9. The lowest BCUT2D eigenvalue weighted by atomic mass is 10.1. The number of amides is 2. The highest BCUT2D eigenvalue weighted by atomic mass is 19.3. The predicted molar refractivity (Wildman–Crippen MR) is 85.4 cm³/mol. The van der Waals surface area contributed by atoms with E-state index >= 15 is 0 Å². The van der Waals surface area contributed by atoms with Crippen molar-refractivity contribution in [3.63, 3.8) is 0 Å². The third-order valence-electron chi connectivity index (χ3n) is 4.10. The first-order chi connectivity index (χ1) is 12.2. The molecule has 1 aromatic heterocycles. The van der Waals surface area contributed by atoms with Crippen LogP contribution in [-0.2, 0) is 9.59 Å². The number of halogens is 2. The van der Waals surface area contributed by atoms with Gasteiger partial charge in [0.05, 0.1) is 6.04 Å². The van der Waals surface area contributed by atoms with Gasteiger partial charge in [-0.05, 0) is 19.3 Å². The first-order valence-electron chi connectivity index (χ1n) is 8.55. The van der Waals surface area contributed by atoms with E-state index in [1.54, 1.807) is 6.92 Å². The lowest BCUT2D eigenvalue weighted by Gasteiger charge is -2.17. The molecule has 1 aliphatic rings. The number of carbonyl (C=O) groups excluding carboxylic acids is 3. The number of nitrogens with zero attached hydrogens (tertiary/aromatic N) is 2. The molecule has 1 aromatic rings. The summed E-state index contributed by atoms with van der Waals surface area (Å²) in [6, 6.07) is -0.911. The molecule has 0 spiro atoms. The van der Waals surface area contributed by atoms with Crippen molar-refractivity contribution in [2.45, 2.75) is 69.8 Å². The molecule has 26 heavy (non-hydrogen) atoms. The van der Waals surface area contributed by atoms with Crippen molar-refractivity contribution < 1.29 is 27.7 Å².